The van der Waals surface area contributed by atoms with Crippen molar-refractivity contribution in [1.29, 1.82) is 0 Å². The van der Waals surface area contributed by atoms with E-state index in [4.69, 9.17) is 31.0 Å². The zero-order valence-corrected chi connectivity index (χ0v) is 14.5. The Morgan fingerprint density at radius 3 is 1.52 bits per heavy atom. The van der Waals surface area contributed by atoms with E-state index >= 15 is 0 Å². The number of rotatable bonds is 4. The third-order valence-electron chi connectivity index (χ3n) is 2.55. The van der Waals surface area contributed by atoms with E-state index in [0.717, 1.165) is 0 Å². The summed E-state index contributed by atoms with van der Waals surface area (Å²) in [6.07, 6.45) is -5.08. The van der Waals surface area contributed by atoms with Gasteiger partial charge in [0, 0.05) is 5.75 Å². The highest BCUT2D eigenvalue weighted by Crippen LogP contribution is 2.14. The molecule has 0 saturated carbocycles. The summed E-state index contributed by atoms with van der Waals surface area (Å²) in [6, 6.07) is 3.36. The molecule has 0 aromatic heterocycles. The first-order valence-electron chi connectivity index (χ1n) is 6.62. The fraction of sp³-hybridized carbons (Fsp3) is 0.286. The summed E-state index contributed by atoms with van der Waals surface area (Å²) in [6.45, 7) is 1.48. The summed E-state index contributed by atoms with van der Waals surface area (Å²) in [5.41, 5.74) is 5.28. The van der Waals surface area contributed by atoms with Crippen LogP contribution in [0.4, 0.5) is 13.2 Å². The van der Waals surface area contributed by atoms with E-state index in [1.54, 1.807) is 0 Å². The monoisotopic (exact) mass is 415 g/mol. The number of thiol groups is 1. The lowest BCUT2D eigenvalue weighted by Crippen LogP contribution is -2.31. The largest absolute Gasteiger partial charge is 0.490 e. The molecule has 0 fully saturated rings. The highest BCUT2D eigenvalue weighted by molar-refractivity contribution is 7.80. The Labute approximate surface area is 155 Å². The predicted octanol–water partition coefficient (Wildman–Crippen LogP) is 1.35. The number of aliphatic carboxylic acids is 2. The summed E-state index contributed by atoms with van der Waals surface area (Å²) in [4.78, 5) is 39.9. The Morgan fingerprint density at radius 1 is 1.04 bits per heavy atom. The van der Waals surface area contributed by atoms with Gasteiger partial charge in [0.1, 0.15) is 6.04 Å². The van der Waals surface area contributed by atoms with Crippen LogP contribution in [0, 0.1) is 6.92 Å². The first kappa shape index (κ1) is 26.4. The standard InChI is InChI=1S/C9H8O4.C3H7NO2S.C2HF3O2/c1-5-6(8(10)11)3-2-4-7(5)9(12)13;4-2(1-7)3(5)6;3-2(4,5)1(6)7/h2-4H,1H3,(H,10,11)(H,12,13);2,7H,1,4H2,(H,5,6);(H,6,7). The van der Waals surface area contributed by atoms with Crippen LogP contribution in [0.15, 0.2) is 18.2 Å². The number of hydrogen-bond donors (Lipinski definition) is 6. The number of carboxylic acid groups (broad SMARTS) is 4. The molecule has 9 nitrogen and oxygen atoms in total. The van der Waals surface area contributed by atoms with Crippen LogP contribution in [-0.2, 0) is 9.59 Å². The lowest BCUT2D eigenvalue weighted by atomic mass is 10.0. The van der Waals surface area contributed by atoms with E-state index in [1.807, 2.05) is 0 Å². The van der Waals surface area contributed by atoms with Crippen LogP contribution < -0.4 is 5.73 Å². The van der Waals surface area contributed by atoms with Crippen molar-refractivity contribution in [2.75, 3.05) is 5.75 Å². The Balaban J connectivity index is 0. The van der Waals surface area contributed by atoms with Gasteiger partial charge in [-0.05, 0) is 24.6 Å². The fourth-order valence-electron chi connectivity index (χ4n) is 1.18. The minimum atomic E-state index is -5.08. The molecule has 27 heavy (non-hydrogen) atoms. The minimum Gasteiger partial charge on any atom is -0.480 e. The van der Waals surface area contributed by atoms with Crippen molar-refractivity contribution in [1.82, 2.24) is 0 Å². The first-order valence-corrected chi connectivity index (χ1v) is 7.25. The number of aromatic carboxylic acids is 2. The van der Waals surface area contributed by atoms with Gasteiger partial charge in [0.05, 0.1) is 11.1 Å². The zero-order chi connectivity index (χ0) is 21.9. The van der Waals surface area contributed by atoms with Gasteiger partial charge in [-0.3, -0.25) is 4.79 Å². The second-order valence-electron chi connectivity index (χ2n) is 4.52. The van der Waals surface area contributed by atoms with E-state index in [-0.39, 0.29) is 22.4 Å². The Kier molecular flexibility index (Phi) is 11.5. The van der Waals surface area contributed by atoms with Gasteiger partial charge in [-0.2, -0.15) is 25.8 Å². The summed E-state index contributed by atoms with van der Waals surface area (Å²) >= 11 is 3.65. The van der Waals surface area contributed by atoms with Gasteiger partial charge in [-0.25, -0.2) is 14.4 Å². The molecule has 0 heterocycles. The third kappa shape index (κ3) is 10.7. The zero-order valence-electron chi connectivity index (χ0n) is 13.6. The molecular formula is C14H16F3NO8S. The highest BCUT2D eigenvalue weighted by atomic mass is 32.1. The molecule has 0 saturated heterocycles. The molecule has 1 rings (SSSR count). The topological polar surface area (TPSA) is 175 Å². The second-order valence-corrected chi connectivity index (χ2v) is 4.88. The molecule has 1 aromatic rings. The maximum Gasteiger partial charge on any atom is 0.490 e. The van der Waals surface area contributed by atoms with Gasteiger partial charge >= 0.3 is 30.1 Å². The van der Waals surface area contributed by atoms with Crippen LogP contribution in [-0.4, -0.2) is 62.3 Å². The van der Waals surface area contributed by atoms with Gasteiger partial charge in [0.25, 0.3) is 0 Å². The van der Waals surface area contributed by atoms with Gasteiger partial charge in [-0.15, -0.1) is 0 Å². The number of halogens is 3. The average Bonchev–Trinajstić information content (AvgIpc) is 2.53. The first-order chi connectivity index (χ1) is 12.2. The van der Waals surface area contributed by atoms with Gasteiger partial charge < -0.3 is 26.2 Å². The van der Waals surface area contributed by atoms with Gasteiger partial charge in [0.2, 0.25) is 0 Å². The number of benzene rings is 1. The average molecular weight is 415 g/mol. The quantitative estimate of drug-likeness (QED) is 0.396. The Hall–Kier alpha value is -2.80. The fourth-order valence-corrected chi connectivity index (χ4v) is 1.33. The van der Waals surface area contributed by atoms with Crippen molar-refractivity contribution in [2.45, 2.75) is 19.1 Å². The number of alkyl halides is 3. The van der Waals surface area contributed by atoms with Crippen molar-refractivity contribution < 1.29 is 52.8 Å². The lowest BCUT2D eigenvalue weighted by Gasteiger charge is -2.03. The third-order valence-corrected chi connectivity index (χ3v) is 2.94. The van der Waals surface area contributed by atoms with E-state index < -0.39 is 36.1 Å². The smallest absolute Gasteiger partial charge is 0.480 e. The molecule has 13 heteroatoms. The second kappa shape index (κ2) is 11.7. The molecular weight excluding hydrogens is 399 g/mol. The predicted molar refractivity (Wildman–Crippen MR) is 88.3 cm³/mol. The van der Waals surface area contributed by atoms with Crippen molar-refractivity contribution in [2.24, 2.45) is 5.73 Å². The summed E-state index contributed by atoms with van der Waals surface area (Å²) in [5.74, 6) is -5.79. The van der Waals surface area contributed by atoms with E-state index in [9.17, 15) is 27.6 Å². The van der Waals surface area contributed by atoms with E-state index in [1.165, 1.54) is 25.1 Å². The Morgan fingerprint density at radius 2 is 1.37 bits per heavy atom. The molecule has 0 bridgehead atoms. The van der Waals surface area contributed by atoms with E-state index in [2.05, 4.69) is 12.6 Å². The molecule has 1 aromatic carbocycles. The molecule has 1 unspecified atom stereocenters. The van der Waals surface area contributed by atoms with Crippen molar-refractivity contribution in [3.8, 4) is 0 Å². The molecule has 6 N–H and O–H groups in total. The number of nitrogens with two attached hydrogens (primary N) is 1. The van der Waals surface area contributed by atoms with Crippen molar-refractivity contribution >= 4 is 36.5 Å². The van der Waals surface area contributed by atoms with Crippen LogP contribution in [0.2, 0.25) is 0 Å². The lowest BCUT2D eigenvalue weighted by molar-refractivity contribution is -0.192. The highest BCUT2D eigenvalue weighted by Gasteiger charge is 2.38. The maximum atomic E-state index is 10.6. The van der Waals surface area contributed by atoms with Crippen LogP contribution in [0.3, 0.4) is 0 Å². The van der Waals surface area contributed by atoms with Crippen LogP contribution in [0.5, 0.6) is 0 Å². The van der Waals surface area contributed by atoms with E-state index in [0.29, 0.717) is 0 Å². The normalized spacial score (nSPS) is 11.0. The molecule has 0 aliphatic rings. The van der Waals surface area contributed by atoms with Crippen molar-refractivity contribution in [3.63, 3.8) is 0 Å². The molecule has 0 aliphatic heterocycles. The van der Waals surface area contributed by atoms with Crippen LogP contribution >= 0.6 is 12.6 Å². The molecule has 152 valence electrons. The van der Waals surface area contributed by atoms with Crippen molar-refractivity contribution in [3.05, 3.63) is 34.9 Å². The van der Waals surface area contributed by atoms with Crippen LogP contribution in [0.1, 0.15) is 26.3 Å². The SMILES string of the molecule is Cc1c(C(=O)O)cccc1C(=O)O.NC(CS)C(=O)O.O=C(O)C(F)(F)F. The van der Waals surface area contributed by atoms with Gasteiger partial charge in [0.15, 0.2) is 0 Å². The number of carbonyl (C=O) groups is 4. The number of hydrogen-bond acceptors (Lipinski definition) is 6. The summed E-state index contributed by atoms with van der Waals surface area (Å²) in [7, 11) is 0. The molecule has 0 amide bonds. The maximum absolute atomic E-state index is 10.6. The van der Waals surface area contributed by atoms with Gasteiger partial charge in [-0.1, -0.05) is 6.07 Å². The molecule has 1 atom stereocenters. The van der Waals surface area contributed by atoms with Crippen LogP contribution in [0.25, 0.3) is 0 Å². The molecule has 0 radical (unpaired) electrons. The summed E-state index contributed by atoms with van der Waals surface area (Å²) < 4.78 is 31.7. The molecule has 0 aliphatic carbocycles. The minimum absolute atomic E-state index is 0.0277. The Bertz CT molecular complexity index is 661. The summed E-state index contributed by atoms with van der Waals surface area (Å²) in [5, 5.41) is 32.5. The molecule has 0 spiro atoms. The number of carboxylic acids is 4.